The lowest BCUT2D eigenvalue weighted by Crippen LogP contribution is -2.19. The van der Waals surface area contributed by atoms with Crippen molar-refractivity contribution in [3.8, 4) is 11.4 Å². The third-order valence-electron chi connectivity index (χ3n) is 5.46. The quantitative estimate of drug-likeness (QED) is 0.278. The summed E-state index contributed by atoms with van der Waals surface area (Å²) in [4.78, 5) is 28.2. The van der Waals surface area contributed by atoms with E-state index in [4.69, 9.17) is 4.74 Å². The summed E-state index contributed by atoms with van der Waals surface area (Å²) in [6.45, 7) is 8.64. The van der Waals surface area contributed by atoms with Crippen molar-refractivity contribution < 1.29 is 14.3 Å². The minimum absolute atomic E-state index is 0.166. The molecule has 0 atom stereocenters. The van der Waals surface area contributed by atoms with E-state index in [0.29, 0.717) is 10.6 Å². The van der Waals surface area contributed by atoms with Crippen LogP contribution in [0.5, 0.6) is 0 Å². The predicted molar refractivity (Wildman–Crippen MR) is 139 cm³/mol. The van der Waals surface area contributed by atoms with Gasteiger partial charge in [-0.25, -0.2) is 4.79 Å². The molecular formula is C24H30N4O3S3. The summed E-state index contributed by atoms with van der Waals surface area (Å²) in [6, 6.07) is 2.11. The van der Waals surface area contributed by atoms with Gasteiger partial charge < -0.3 is 14.6 Å². The normalized spacial score (nSPS) is 13.2. The van der Waals surface area contributed by atoms with Gasteiger partial charge >= 0.3 is 5.97 Å². The van der Waals surface area contributed by atoms with Crippen molar-refractivity contribution in [1.29, 1.82) is 0 Å². The van der Waals surface area contributed by atoms with Crippen molar-refractivity contribution in [1.82, 2.24) is 14.8 Å². The van der Waals surface area contributed by atoms with Crippen LogP contribution in [0.2, 0.25) is 0 Å². The molecule has 3 heterocycles. The maximum absolute atomic E-state index is 12.9. The molecule has 182 valence electrons. The standard InChI is InChI=1S/C24H30N4O3S3/c1-5-10-28-21(16-11-15(4)32-12-16)26-27-24(28)33-13-19(29)25-22-20(23(30)31-14(2)3)17-8-6-7-9-18(17)34-22/h11-12,14H,5-10,13H2,1-4H3,(H,25,29). The van der Waals surface area contributed by atoms with Crippen molar-refractivity contribution in [2.45, 2.75) is 77.6 Å². The number of esters is 1. The van der Waals surface area contributed by atoms with Gasteiger partial charge in [-0.3, -0.25) is 4.79 Å². The van der Waals surface area contributed by atoms with E-state index in [1.54, 1.807) is 11.3 Å². The molecule has 0 aliphatic heterocycles. The molecule has 0 radical (unpaired) electrons. The minimum atomic E-state index is -0.351. The Hall–Kier alpha value is -2.17. The zero-order valence-electron chi connectivity index (χ0n) is 20.0. The number of fused-ring (bicyclic) bond motifs is 1. The number of carbonyl (C=O) groups is 2. The summed E-state index contributed by atoms with van der Waals surface area (Å²) >= 11 is 4.56. The van der Waals surface area contributed by atoms with Crippen LogP contribution in [0, 0.1) is 6.92 Å². The highest BCUT2D eigenvalue weighted by Crippen LogP contribution is 2.39. The summed E-state index contributed by atoms with van der Waals surface area (Å²) in [5, 5.41) is 15.2. The van der Waals surface area contributed by atoms with Crippen molar-refractivity contribution in [2.24, 2.45) is 0 Å². The Labute approximate surface area is 212 Å². The van der Waals surface area contributed by atoms with Gasteiger partial charge in [-0.2, -0.15) is 0 Å². The second-order valence-corrected chi connectivity index (χ2v) is 11.8. The van der Waals surface area contributed by atoms with E-state index in [1.165, 1.54) is 32.9 Å². The fourth-order valence-electron chi connectivity index (χ4n) is 4.03. The molecule has 1 aliphatic rings. The molecule has 1 N–H and O–H groups in total. The molecule has 3 aromatic heterocycles. The highest BCUT2D eigenvalue weighted by Gasteiger charge is 2.28. The first-order chi connectivity index (χ1) is 16.4. The number of amides is 1. The number of hydrogen-bond donors (Lipinski definition) is 1. The zero-order chi connectivity index (χ0) is 24.2. The number of nitrogens with one attached hydrogen (secondary N) is 1. The average molecular weight is 519 g/mol. The third kappa shape index (κ3) is 5.55. The van der Waals surface area contributed by atoms with Crippen LogP contribution >= 0.6 is 34.4 Å². The van der Waals surface area contributed by atoms with Gasteiger partial charge in [-0.05, 0) is 64.5 Å². The Morgan fingerprint density at radius 3 is 2.76 bits per heavy atom. The SMILES string of the molecule is CCCn1c(SCC(=O)Nc2sc3c(c2C(=O)OC(C)C)CCCC3)nnc1-c1csc(C)c1. The van der Waals surface area contributed by atoms with Crippen LogP contribution in [0.1, 0.15) is 65.7 Å². The van der Waals surface area contributed by atoms with Crippen LogP contribution in [-0.2, 0) is 28.9 Å². The second kappa shape index (κ2) is 11.0. The number of carbonyl (C=O) groups excluding carboxylic acids is 2. The predicted octanol–water partition coefficient (Wildman–Crippen LogP) is 5.96. The molecule has 1 aliphatic carbocycles. The van der Waals surface area contributed by atoms with E-state index < -0.39 is 0 Å². The van der Waals surface area contributed by atoms with E-state index >= 15 is 0 Å². The number of anilines is 1. The first-order valence-corrected chi connectivity index (χ1v) is 14.3. The van der Waals surface area contributed by atoms with Crippen LogP contribution < -0.4 is 5.32 Å². The lowest BCUT2D eigenvalue weighted by Gasteiger charge is -2.14. The molecule has 7 nitrogen and oxygen atoms in total. The van der Waals surface area contributed by atoms with Gasteiger partial charge in [-0.1, -0.05) is 18.7 Å². The molecule has 4 rings (SSSR count). The first-order valence-electron chi connectivity index (χ1n) is 11.6. The monoisotopic (exact) mass is 518 g/mol. The lowest BCUT2D eigenvalue weighted by molar-refractivity contribution is -0.113. The third-order valence-corrected chi connectivity index (χ3v) is 8.49. The maximum Gasteiger partial charge on any atom is 0.341 e. The summed E-state index contributed by atoms with van der Waals surface area (Å²) < 4.78 is 7.57. The Kier molecular flexibility index (Phi) is 8.10. The van der Waals surface area contributed by atoms with Crippen LogP contribution in [0.15, 0.2) is 16.6 Å². The van der Waals surface area contributed by atoms with Crippen LogP contribution in [-0.4, -0.2) is 38.5 Å². The van der Waals surface area contributed by atoms with Crippen molar-refractivity contribution in [3.05, 3.63) is 32.3 Å². The van der Waals surface area contributed by atoms with Gasteiger partial charge in [0, 0.05) is 27.2 Å². The number of hydrogen-bond acceptors (Lipinski definition) is 8. The number of thioether (sulfide) groups is 1. The van der Waals surface area contributed by atoms with E-state index in [-0.39, 0.29) is 23.7 Å². The van der Waals surface area contributed by atoms with Crippen molar-refractivity contribution in [2.75, 3.05) is 11.1 Å². The van der Waals surface area contributed by atoms with Gasteiger partial charge in [0.1, 0.15) is 5.00 Å². The number of aromatic nitrogens is 3. The molecule has 0 unspecified atom stereocenters. The fraction of sp³-hybridized carbons (Fsp3) is 0.500. The fourth-order valence-corrected chi connectivity index (χ4v) is 6.77. The molecule has 0 bridgehead atoms. The zero-order valence-corrected chi connectivity index (χ0v) is 22.4. The van der Waals surface area contributed by atoms with Crippen LogP contribution in [0.25, 0.3) is 11.4 Å². The molecular weight excluding hydrogens is 488 g/mol. The molecule has 0 saturated heterocycles. The van der Waals surface area contributed by atoms with Gasteiger partial charge in [0.05, 0.1) is 17.4 Å². The Bertz CT molecular complexity index is 1180. The molecule has 3 aromatic rings. The summed E-state index contributed by atoms with van der Waals surface area (Å²) in [5.41, 5.74) is 2.64. The van der Waals surface area contributed by atoms with Crippen LogP contribution in [0.4, 0.5) is 5.00 Å². The van der Waals surface area contributed by atoms with E-state index in [0.717, 1.165) is 60.8 Å². The lowest BCUT2D eigenvalue weighted by atomic mass is 9.95. The molecule has 0 saturated carbocycles. The number of ether oxygens (including phenoxy) is 1. The van der Waals surface area contributed by atoms with Crippen LogP contribution in [0.3, 0.4) is 0 Å². The van der Waals surface area contributed by atoms with Gasteiger partial charge in [0.2, 0.25) is 5.91 Å². The number of nitrogens with zero attached hydrogens (tertiary/aromatic N) is 3. The topological polar surface area (TPSA) is 86.1 Å². The summed E-state index contributed by atoms with van der Waals surface area (Å²) in [6.07, 6.45) is 4.68. The smallest absolute Gasteiger partial charge is 0.341 e. The Balaban J connectivity index is 1.49. The molecule has 0 fully saturated rings. The average Bonchev–Trinajstić information content (AvgIpc) is 3.48. The van der Waals surface area contributed by atoms with E-state index in [9.17, 15) is 9.59 Å². The number of thiophene rings is 2. The molecule has 34 heavy (non-hydrogen) atoms. The van der Waals surface area contributed by atoms with E-state index in [2.05, 4.69) is 45.4 Å². The number of rotatable bonds is 9. The molecule has 0 spiro atoms. The Morgan fingerprint density at radius 2 is 2.06 bits per heavy atom. The highest BCUT2D eigenvalue weighted by molar-refractivity contribution is 7.99. The largest absolute Gasteiger partial charge is 0.459 e. The second-order valence-electron chi connectivity index (χ2n) is 8.61. The van der Waals surface area contributed by atoms with Gasteiger partial charge in [0.15, 0.2) is 11.0 Å². The Morgan fingerprint density at radius 1 is 1.26 bits per heavy atom. The molecule has 1 amide bonds. The maximum atomic E-state index is 12.9. The van der Waals surface area contributed by atoms with Gasteiger partial charge in [-0.15, -0.1) is 32.9 Å². The summed E-state index contributed by atoms with van der Waals surface area (Å²) in [7, 11) is 0. The molecule has 10 heteroatoms. The van der Waals surface area contributed by atoms with Gasteiger partial charge in [0.25, 0.3) is 0 Å². The highest BCUT2D eigenvalue weighted by atomic mass is 32.2. The summed E-state index contributed by atoms with van der Waals surface area (Å²) in [5.74, 6) is 0.502. The number of aryl methyl sites for hydroxylation is 2. The van der Waals surface area contributed by atoms with Crippen molar-refractivity contribution >= 4 is 51.3 Å². The van der Waals surface area contributed by atoms with E-state index in [1.807, 2.05) is 13.8 Å². The minimum Gasteiger partial charge on any atom is -0.459 e. The molecule has 0 aromatic carbocycles. The van der Waals surface area contributed by atoms with Crippen molar-refractivity contribution in [3.63, 3.8) is 0 Å². The first kappa shape index (κ1) is 24.9.